The van der Waals surface area contributed by atoms with Gasteiger partial charge >= 0.3 is 11.9 Å². The summed E-state index contributed by atoms with van der Waals surface area (Å²) in [6.07, 6.45) is 1.68. The number of halogens is 1. The van der Waals surface area contributed by atoms with Crippen LogP contribution < -0.4 is 0 Å². The monoisotopic (exact) mass is 218 g/mol. The highest BCUT2D eigenvalue weighted by molar-refractivity contribution is 5.85. The molecule has 1 saturated heterocycles. The van der Waals surface area contributed by atoms with Crippen LogP contribution in [0.4, 0.5) is 0 Å². The average Bonchev–Trinajstić information content (AvgIpc) is 2.60. The van der Waals surface area contributed by atoms with E-state index in [0.29, 0.717) is 0 Å². The number of fused-ring (bicyclic) bond motifs is 1. The van der Waals surface area contributed by atoms with Crippen molar-refractivity contribution in [2.75, 3.05) is 0 Å². The Morgan fingerprint density at radius 3 is 2.79 bits per heavy atom. The Morgan fingerprint density at radius 2 is 2.14 bits per heavy atom. The molecule has 1 aliphatic heterocycles. The third kappa shape index (κ3) is 0.947. The predicted molar refractivity (Wildman–Crippen MR) is 48.0 cm³/mol. The average molecular weight is 219 g/mol. The van der Waals surface area contributed by atoms with Gasteiger partial charge in [0.25, 0.3) is 0 Å². The van der Waals surface area contributed by atoms with E-state index in [0.717, 1.165) is 12.8 Å². The van der Waals surface area contributed by atoms with Crippen LogP contribution in [0.3, 0.4) is 0 Å². The lowest BCUT2D eigenvalue weighted by Crippen LogP contribution is -2.31. The molecule has 0 aromatic carbocycles. The molecule has 5 atom stereocenters. The number of hydrogen-bond acceptors (Lipinski definition) is 3. The normalized spacial score (nSPS) is 47.4. The lowest BCUT2D eigenvalue weighted by molar-refractivity contribution is -0.151. The molecule has 1 heterocycles. The molecule has 0 aromatic heterocycles. The number of carbonyl (C=O) groups excluding carboxylic acids is 1. The van der Waals surface area contributed by atoms with Gasteiger partial charge < -0.3 is 9.84 Å². The van der Waals surface area contributed by atoms with Gasteiger partial charge in [-0.3, -0.25) is 9.59 Å². The molecule has 2 bridgehead atoms. The molecule has 0 radical (unpaired) electrons. The number of carbonyl (C=O) groups is 2. The first-order chi connectivity index (χ1) is 6.18. The largest absolute Gasteiger partial charge is 0.481 e. The second kappa shape index (κ2) is 2.86. The first-order valence-corrected chi connectivity index (χ1v) is 4.62. The molecule has 0 spiro atoms. The second-order valence-electron chi connectivity index (χ2n) is 4.26. The van der Waals surface area contributed by atoms with Crippen LogP contribution in [-0.2, 0) is 14.3 Å². The number of carboxylic acid groups (broad SMARTS) is 1. The van der Waals surface area contributed by atoms with Crippen molar-refractivity contribution in [3.63, 3.8) is 0 Å². The Hall–Kier alpha value is -0.770. The van der Waals surface area contributed by atoms with Crippen LogP contribution in [-0.4, -0.2) is 23.1 Å². The first kappa shape index (κ1) is 9.77. The molecular formula is C9H11ClO4. The maximum atomic E-state index is 11.3. The summed E-state index contributed by atoms with van der Waals surface area (Å²) in [5.41, 5.74) is 0. The summed E-state index contributed by atoms with van der Waals surface area (Å²) in [5, 5.41) is 8.97. The van der Waals surface area contributed by atoms with E-state index >= 15 is 0 Å². The fourth-order valence-electron chi connectivity index (χ4n) is 3.34. The van der Waals surface area contributed by atoms with Crippen molar-refractivity contribution in [3.05, 3.63) is 0 Å². The van der Waals surface area contributed by atoms with E-state index in [1.165, 1.54) is 0 Å². The van der Waals surface area contributed by atoms with Gasteiger partial charge in [-0.25, -0.2) is 0 Å². The molecule has 14 heavy (non-hydrogen) atoms. The van der Waals surface area contributed by atoms with Crippen LogP contribution in [0.25, 0.3) is 0 Å². The molecule has 2 aliphatic carbocycles. The molecule has 5 heteroatoms. The predicted octanol–water partition coefficient (Wildman–Crippen LogP) is 0.690. The van der Waals surface area contributed by atoms with E-state index in [1.807, 2.05) is 0 Å². The standard InChI is InChI=1S/C9H10O4.ClH/c10-8(11)6-3-1-4-5(2-3)13-9(12)7(4)6;/h3-7H,1-2H2,(H,10,11);1H. The lowest BCUT2D eigenvalue weighted by Gasteiger charge is -2.19. The second-order valence-corrected chi connectivity index (χ2v) is 4.26. The van der Waals surface area contributed by atoms with E-state index in [1.54, 1.807) is 0 Å². The quantitative estimate of drug-likeness (QED) is 0.658. The van der Waals surface area contributed by atoms with Gasteiger partial charge in [0.2, 0.25) is 0 Å². The minimum Gasteiger partial charge on any atom is -0.481 e. The van der Waals surface area contributed by atoms with E-state index in [9.17, 15) is 9.59 Å². The summed E-state index contributed by atoms with van der Waals surface area (Å²) in [5.74, 6) is -1.50. The van der Waals surface area contributed by atoms with Gasteiger partial charge in [-0.1, -0.05) is 0 Å². The molecule has 2 saturated carbocycles. The van der Waals surface area contributed by atoms with Gasteiger partial charge in [-0.2, -0.15) is 0 Å². The molecule has 0 amide bonds. The van der Waals surface area contributed by atoms with Crippen LogP contribution in [0.1, 0.15) is 12.8 Å². The van der Waals surface area contributed by atoms with Gasteiger partial charge in [0.05, 0.1) is 11.8 Å². The zero-order valence-electron chi connectivity index (χ0n) is 7.38. The van der Waals surface area contributed by atoms with Crippen molar-refractivity contribution >= 4 is 24.3 Å². The SMILES string of the molecule is Cl.O=C(O)C1C2CC3OC(=O)C1C3C2. The van der Waals surface area contributed by atoms with Crippen molar-refractivity contribution in [2.45, 2.75) is 18.9 Å². The van der Waals surface area contributed by atoms with Crippen LogP contribution in [0.2, 0.25) is 0 Å². The number of carboxylic acids is 1. The van der Waals surface area contributed by atoms with Gasteiger partial charge in [0, 0.05) is 5.92 Å². The Balaban J connectivity index is 0.000000750. The van der Waals surface area contributed by atoms with Crippen LogP contribution in [0.5, 0.6) is 0 Å². The summed E-state index contributed by atoms with van der Waals surface area (Å²) in [6, 6.07) is 0. The Labute approximate surface area is 87.0 Å². The minimum absolute atomic E-state index is 0. The Morgan fingerprint density at radius 1 is 1.43 bits per heavy atom. The maximum Gasteiger partial charge on any atom is 0.310 e. The Kier molecular flexibility index (Phi) is 2.00. The van der Waals surface area contributed by atoms with Crippen molar-refractivity contribution in [3.8, 4) is 0 Å². The molecular weight excluding hydrogens is 208 g/mol. The molecule has 1 N–H and O–H groups in total. The van der Waals surface area contributed by atoms with Gasteiger partial charge in [0.1, 0.15) is 6.10 Å². The molecule has 78 valence electrons. The lowest BCUT2D eigenvalue weighted by atomic mass is 9.80. The smallest absolute Gasteiger partial charge is 0.310 e. The minimum atomic E-state index is -0.824. The molecule has 5 unspecified atom stereocenters. The summed E-state index contributed by atoms with van der Waals surface area (Å²) in [4.78, 5) is 22.2. The highest BCUT2D eigenvalue weighted by Crippen LogP contribution is 2.57. The number of aliphatic carboxylic acids is 1. The summed E-state index contributed by atoms with van der Waals surface area (Å²) in [6.45, 7) is 0. The highest BCUT2D eigenvalue weighted by Gasteiger charge is 2.64. The van der Waals surface area contributed by atoms with Crippen LogP contribution >= 0.6 is 12.4 Å². The summed E-state index contributed by atoms with van der Waals surface area (Å²) >= 11 is 0. The molecule has 3 rings (SSSR count). The molecule has 0 aromatic rings. The van der Waals surface area contributed by atoms with Gasteiger partial charge in [0.15, 0.2) is 0 Å². The van der Waals surface area contributed by atoms with Gasteiger partial charge in [-0.05, 0) is 18.8 Å². The number of ether oxygens (including phenoxy) is 1. The highest BCUT2D eigenvalue weighted by atomic mass is 35.5. The third-order valence-electron chi connectivity index (χ3n) is 3.77. The van der Waals surface area contributed by atoms with Crippen molar-refractivity contribution in [2.24, 2.45) is 23.7 Å². The maximum absolute atomic E-state index is 11.3. The van der Waals surface area contributed by atoms with E-state index < -0.39 is 11.9 Å². The third-order valence-corrected chi connectivity index (χ3v) is 3.77. The zero-order chi connectivity index (χ0) is 9.16. The number of rotatable bonds is 1. The van der Waals surface area contributed by atoms with Gasteiger partial charge in [-0.15, -0.1) is 12.4 Å². The van der Waals surface area contributed by atoms with E-state index in [2.05, 4.69) is 0 Å². The molecule has 3 fully saturated rings. The van der Waals surface area contributed by atoms with Crippen LogP contribution in [0.15, 0.2) is 0 Å². The number of esters is 1. The molecule has 4 nitrogen and oxygen atoms in total. The Bertz CT molecular complexity index is 301. The van der Waals surface area contributed by atoms with E-state index in [-0.39, 0.29) is 42.2 Å². The zero-order valence-corrected chi connectivity index (χ0v) is 8.20. The van der Waals surface area contributed by atoms with Crippen molar-refractivity contribution in [1.29, 1.82) is 0 Å². The summed E-state index contributed by atoms with van der Waals surface area (Å²) in [7, 11) is 0. The fraction of sp³-hybridized carbons (Fsp3) is 0.778. The molecule has 3 aliphatic rings. The van der Waals surface area contributed by atoms with E-state index in [4.69, 9.17) is 9.84 Å². The van der Waals surface area contributed by atoms with Crippen molar-refractivity contribution < 1.29 is 19.4 Å². The number of hydrogen-bond donors (Lipinski definition) is 1. The van der Waals surface area contributed by atoms with Crippen molar-refractivity contribution in [1.82, 2.24) is 0 Å². The van der Waals surface area contributed by atoms with Crippen LogP contribution in [0, 0.1) is 23.7 Å². The fourth-order valence-corrected chi connectivity index (χ4v) is 3.34. The first-order valence-electron chi connectivity index (χ1n) is 4.62. The summed E-state index contributed by atoms with van der Waals surface area (Å²) < 4.78 is 5.12. The topological polar surface area (TPSA) is 63.6 Å².